The lowest BCUT2D eigenvalue weighted by Crippen LogP contribution is -2.25. The van der Waals surface area contributed by atoms with Gasteiger partial charge in [0.15, 0.2) is 0 Å². The number of amides is 1. The Morgan fingerprint density at radius 2 is 1.64 bits per heavy atom. The fourth-order valence-electron chi connectivity index (χ4n) is 2.96. The van der Waals surface area contributed by atoms with Gasteiger partial charge in [-0.25, -0.2) is 4.79 Å². The highest BCUT2D eigenvalue weighted by Gasteiger charge is 2.46. The number of carboxylic acid groups (broad SMARTS) is 1. The summed E-state index contributed by atoms with van der Waals surface area (Å²) >= 11 is 0. The van der Waals surface area contributed by atoms with E-state index in [4.69, 9.17) is 4.74 Å². The smallest absolute Gasteiger partial charge is 0.339 e. The number of hydrogen-bond donors (Lipinski definition) is 3. The maximum absolute atomic E-state index is 12.4. The minimum Gasteiger partial charge on any atom is -0.478 e. The van der Waals surface area contributed by atoms with E-state index in [0.29, 0.717) is 17.2 Å². The summed E-state index contributed by atoms with van der Waals surface area (Å²) in [6.45, 7) is 0. The molecule has 1 aliphatic rings. The maximum Gasteiger partial charge on any atom is 0.339 e. The van der Waals surface area contributed by atoms with Crippen molar-refractivity contribution in [3.05, 3.63) is 75.9 Å². The van der Waals surface area contributed by atoms with Crippen molar-refractivity contribution in [2.24, 2.45) is 0 Å². The summed E-state index contributed by atoms with van der Waals surface area (Å²) in [4.78, 5) is 34.0. The fraction of sp³-hybridized carbons (Fsp3) is 0.158. The molecule has 28 heavy (non-hydrogen) atoms. The van der Waals surface area contributed by atoms with Crippen LogP contribution in [0.4, 0.5) is 5.69 Å². The van der Waals surface area contributed by atoms with E-state index < -0.39 is 46.5 Å². The highest BCUT2D eigenvalue weighted by molar-refractivity contribution is 6.10. The lowest BCUT2D eigenvalue weighted by molar-refractivity contribution is -0.511. The Labute approximate surface area is 159 Å². The number of para-hydroxylation sites is 1. The summed E-state index contributed by atoms with van der Waals surface area (Å²) in [6, 6.07) is 13.7. The van der Waals surface area contributed by atoms with Gasteiger partial charge >= 0.3 is 5.97 Å². The molecule has 0 aromatic heterocycles. The van der Waals surface area contributed by atoms with Gasteiger partial charge in [0.25, 0.3) is 5.91 Å². The van der Waals surface area contributed by atoms with Crippen LogP contribution in [0.25, 0.3) is 0 Å². The number of aliphatic hydroxyl groups excluding tert-OH is 1. The van der Waals surface area contributed by atoms with E-state index in [0.717, 1.165) is 0 Å². The molecule has 9 nitrogen and oxygen atoms in total. The number of anilines is 1. The van der Waals surface area contributed by atoms with E-state index in [1.54, 1.807) is 24.3 Å². The van der Waals surface area contributed by atoms with Gasteiger partial charge in [-0.05, 0) is 36.4 Å². The van der Waals surface area contributed by atoms with Crippen molar-refractivity contribution in [3.63, 3.8) is 0 Å². The minimum atomic E-state index is -1.63. The lowest BCUT2D eigenvalue weighted by atomic mass is 10.1. The number of aliphatic hydroxyl groups is 1. The number of ether oxygens (including phenoxy) is 1. The summed E-state index contributed by atoms with van der Waals surface area (Å²) in [5.74, 6) is -1.35. The van der Waals surface area contributed by atoms with Crippen molar-refractivity contribution in [1.82, 2.24) is 0 Å². The molecule has 0 radical (unpaired) electrons. The summed E-state index contributed by atoms with van der Waals surface area (Å²) in [6.07, 6.45) is -1.98. The Kier molecular flexibility index (Phi) is 5.37. The van der Waals surface area contributed by atoms with E-state index in [1.165, 1.54) is 12.1 Å². The molecule has 0 saturated carbocycles. The second-order valence-corrected chi connectivity index (χ2v) is 6.08. The molecule has 2 aromatic rings. The third kappa shape index (κ3) is 3.99. The summed E-state index contributed by atoms with van der Waals surface area (Å²) in [5, 5.41) is 32.7. The number of carbonyl (C=O) groups excluding carboxylic acids is 1. The number of aliphatic carboxylic acids is 1. The van der Waals surface area contributed by atoms with Gasteiger partial charge in [-0.1, -0.05) is 18.2 Å². The van der Waals surface area contributed by atoms with E-state index in [9.17, 15) is 29.9 Å². The number of nitro groups is 1. The fourth-order valence-corrected chi connectivity index (χ4v) is 2.96. The number of nitrogens with one attached hydrogen (secondary N) is 1. The first-order chi connectivity index (χ1) is 13.4. The molecule has 2 unspecified atom stereocenters. The molecule has 0 aliphatic heterocycles. The van der Waals surface area contributed by atoms with Gasteiger partial charge in [0.2, 0.25) is 6.04 Å². The van der Waals surface area contributed by atoms with Gasteiger partial charge in [0.1, 0.15) is 17.1 Å². The van der Waals surface area contributed by atoms with Crippen molar-refractivity contribution < 1.29 is 29.5 Å². The number of benzene rings is 2. The van der Waals surface area contributed by atoms with E-state index in [2.05, 4.69) is 5.32 Å². The predicted octanol–water partition coefficient (Wildman–Crippen LogP) is 2.21. The molecule has 3 N–H and O–H groups in total. The van der Waals surface area contributed by atoms with Crippen molar-refractivity contribution in [2.75, 3.05) is 5.32 Å². The number of hydrogen-bond acceptors (Lipinski definition) is 6. The summed E-state index contributed by atoms with van der Waals surface area (Å²) in [7, 11) is 0. The average Bonchev–Trinajstić information content (AvgIpc) is 3.02. The average molecular weight is 384 g/mol. The molecule has 0 fully saturated rings. The van der Waals surface area contributed by atoms with Gasteiger partial charge in [-0.2, -0.15) is 0 Å². The van der Waals surface area contributed by atoms with Crippen molar-refractivity contribution in [3.8, 4) is 11.5 Å². The Bertz CT molecular complexity index is 939. The molecule has 0 bridgehead atoms. The van der Waals surface area contributed by atoms with E-state index in [-0.39, 0.29) is 0 Å². The minimum absolute atomic E-state index is 0.319. The van der Waals surface area contributed by atoms with Crippen LogP contribution in [-0.2, 0) is 9.59 Å². The molecular formula is C19H16N2O7. The molecule has 144 valence electrons. The van der Waals surface area contributed by atoms with Crippen LogP contribution in [0, 0.1) is 10.1 Å². The molecule has 0 spiro atoms. The van der Waals surface area contributed by atoms with Crippen LogP contribution in [-0.4, -0.2) is 39.2 Å². The highest BCUT2D eigenvalue weighted by atomic mass is 16.6. The van der Waals surface area contributed by atoms with Crippen molar-refractivity contribution >= 4 is 17.6 Å². The SMILES string of the molecule is O=C(O)C1=C(C(=O)Nc2ccc(Oc3ccccc3)cc2)C(O)CC1[N+](=O)[O-]. The number of nitrogens with zero attached hydrogens (tertiary/aromatic N) is 1. The molecule has 0 heterocycles. The molecule has 0 saturated heterocycles. The van der Waals surface area contributed by atoms with Crippen molar-refractivity contribution in [1.29, 1.82) is 0 Å². The molecule has 9 heteroatoms. The van der Waals surface area contributed by atoms with Crippen LogP contribution >= 0.6 is 0 Å². The lowest BCUT2D eigenvalue weighted by Gasteiger charge is -2.11. The van der Waals surface area contributed by atoms with Crippen LogP contribution < -0.4 is 10.1 Å². The van der Waals surface area contributed by atoms with Crippen LogP contribution in [0.2, 0.25) is 0 Å². The van der Waals surface area contributed by atoms with Crippen LogP contribution in [0.3, 0.4) is 0 Å². The Hall–Kier alpha value is -3.72. The third-order valence-electron chi connectivity index (χ3n) is 4.22. The Balaban J connectivity index is 1.76. The van der Waals surface area contributed by atoms with Gasteiger partial charge in [-0.15, -0.1) is 0 Å². The molecular weight excluding hydrogens is 368 g/mol. The molecule has 2 atom stereocenters. The summed E-state index contributed by atoms with van der Waals surface area (Å²) in [5.41, 5.74) is -0.878. The first-order valence-electron chi connectivity index (χ1n) is 8.30. The number of carboxylic acids is 1. The van der Waals surface area contributed by atoms with E-state index >= 15 is 0 Å². The topological polar surface area (TPSA) is 139 Å². The zero-order valence-corrected chi connectivity index (χ0v) is 14.4. The highest BCUT2D eigenvalue weighted by Crippen LogP contribution is 2.31. The Morgan fingerprint density at radius 1 is 1.04 bits per heavy atom. The monoisotopic (exact) mass is 384 g/mol. The van der Waals surface area contributed by atoms with Crippen LogP contribution in [0.15, 0.2) is 65.7 Å². The normalized spacial score (nSPS) is 18.6. The second kappa shape index (κ2) is 7.89. The maximum atomic E-state index is 12.4. The molecule has 1 amide bonds. The Morgan fingerprint density at radius 3 is 2.21 bits per heavy atom. The quantitative estimate of drug-likeness (QED) is 0.512. The van der Waals surface area contributed by atoms with Gasteiger partial charge in [0.05, 0.1) is 18.1 Å². The first kappa shape index (κ1) is 19.1. The zero-order chi connectivity index (χ0) is 20.3. The third-order valence-corrected chi connectivity index (χ3v) is 4.22. The molecule has 2 aromatic carbocycles. The van der Waals surface area contributed by atoms with Crippen LogP contribution in [0.1, 0.15) is 6.42 Å². The van der Waals surface area contributed by atoms with Crippen LogP contribution in [0.5, 0.6) is 11.5 Å². The molecule has 3 rings (SSSR count). The van der Waals surface area contributed by atoms with Gasteiger partial charge in [-0.3, -0.25) is 14.9 Å². The van der Waals surface area contributed by atoms with E-state index in [1.807, 2.05) is 18.2 Å². The number of carbonyl (C=O) groups is 2. The standard InChI is InChI=1S/C19H16N2O7/c22-15-10-14(21(26)27)16(19(24)25)17(15)18(23)20-11-6-8-13(9-7-11)28-12-4-2-1-3-5-12/h1-9,14-15,22H,10H2,(H,20,23)(H,24,25). The predicted molar refractivity (Wildman–Crippen MR) is 97.7 cm³/mol. The first-order valence-corrected chi connectivity index (χ1v) is 8.30. The largest absolute Gasteiger partial charge is 0.478 e. The second-order valence-electron chi connectivity index (χ2n) is 6.08. The molecule has 1 aliphatic carbocycles. The van der Waals surface area contributed by atoms with Gasteiger partial charge in [0, 0.05) is 10.6 Å². The van der Waals surface area contributed by atoms with Crippen molar-refractivity contribution in [2.45, 2.75) is 18.6 Å². The summed E-state index contributed by atoms with van der Waals surface area (Å²) < 4.78 is 5.63. The van der Waals surface area contributed by atoms with Gasteiger partial charge < -0.3 is 20.3 Å². The number of rotatable bonds is 6. The zero-order valence-electron chi connectivity index (χ0n) is 14.4.